The van der Waals surface area contributed by atoms with E-state index in [-0.39, 0.29) is 6.04 Å². The Kier molecular flexibility index (Phi) is 7.00. The summed E-state index contributed by atoms with van der Waals surface area (Å²) < 4.78 is 7.26. The van der Waals surface area contributed by atoms with Crippen molar-refractivity contribution in [2.24, 2.45) is 5.92 Å². The Balaban J connectivity index is 1.46. The monoisotopic (exact) mass is 412 g/mol. The summed E-state index contributed by atoms with van der Waals surface area (Å²) in [5.41, 5.74) is 1.18. The quantitative estimate of drug-likeness (QED) is 0.662. The lowest BCUT2D eigenvalue weighted by atomic mass is 10.0. The maximum atomic E-state index is 5.28. The van der Waals surface area contributed by atoms with E-state index in [4.69, 9.17) is 4.74 Å². The molecule has 1 saturated carbocycles. The first-order valence-corrected chi connectivity index (χ1v) is 11.5. The van der Waals surface area contributed by atoms with Crippen molar-refractivity contribution in [3.8, 4) is 5.75 Å². The molecule has 1 unspecified atom stereocenters. The van der Waals surface area contributed by atoms with Crippen LogP contribution in [0.25, 0.3) is 0 Å². The largest absolute Gasteiger partial charge is 0.497 e. The average molecular weight is 413 g/mol. The molecule has 0 spiro atoms. The Labute approximate surface area is 180 Å². The lowest BCUT2D eigenvalue weighted by Crippen LogP contribution is -2.51. The van der Waals surface area contributed by atoms with Gasteiger partial charge in [-0.15, -0.1) is 5.10 Å². The summed E-state index contributed by atoms with van der Waals surface area (Å²) in [7, 11) is 1.69. The van der Waals surface area contributed by atoms with Gasteiger partial charge in [0.2, 0.25) is 0 Å². The molecule has 4 rings (SSSR count). The van der Waals surface area contributed by atoms with Gasteiger partial charge < -0.3 is 4.74 Å². The van der Waals surface area contributed by atoms with Crippen molar-refractivity contribution in [1.29, 1.82) is 0 Å². The summed E-state index contributed by atoms with van der Waals surface area (Å²) in [5.74, 6) is 2.45. The van der Waals surface area contributed by atoms with Gasteiger partial charge in [0, 0.05) is 32.2 Å². The number of benzene rings is 1. The van der Waals surface area contributed by atoms with E-state index < -0.39 is 0 Å². The number of hydrogen-bond donors (Lipinski definition) is 0. The number of aromatic nitrogens is 4. The van der Waals surface area contributed by atoms with Gasteiger partial charge in [0.15, 0.2) is 5.82 Å². The number of piperazine rings is 1. The van der Waals surface area contributed by atoms with E-state index in [0.717, 1.165) is 37.1 Å². The highest BCUT2D eigenvalue weighted by atomic mass is 16.5. The van der Waals surface area contributed by atoms with Gasteiger partial charge in [-0.2, -0.15) is 0 Å². The fraction of sp³-hybridized carbons (Fsp3) is 0.696. The number of tetrazole rings is 1. The summed E-state index contributed by atoms with van der Waals surface area (Å²) in [5, 5.41) is 12.9. The SMILES string of the molecule is COc1ccc(Cn2nnnc2C(CC(C)C)N2CCN(C3CCCC3)CC2)cc1. The number of rotatable bonds is 8. The minimum absolute atomic E-state index is 0.268. The molecule has 7 heteroatoms. The predicted molar refractivity (Wildman–Crippen MR) is 118 cm³/mol. The highest BCUT2D eigenvalue weighted by Gasteiger charge is 2.32. The third-order valence-corrected chi connectivity index (χ3v) is 6.67. The molecular formula is C23H36N6O. The molecule has 2 aromatic rings. The zero-order chi connectivity index (χ0) is 20.9. The smallest absolute Gasteiger partial charge is 0.168 e. The van der Waals surface area contributed by atoms with Crippen molar-refractivity contribution in [2.75, 3.05) is 33.3 Å². The average Bonchev–Trinajstić information content (AvgIpc) is 3.45. The van der Waals surface area contributed by atoms with Crippen LogP contribution in [0.4, 0.5) is 0 Å². The number of ether oxygens (including phenoxy) is 1. The first kappa shape index (κ1) is 21.2. The highest BCUT2D eigenvalue weighted by molar-refractivity contribution is 5.27. The van der Waals surface area contributed by atoms with Gasteiger partial charge in [0.05, 0.1) is 19.7 Å². The Hall–Kier alpha value is -1.99. The highest BCUT2D eigenvalue weighted by Crippen LogP contribution is 2.30. The van der Waals surface area contributed by atoms with Crippen LogP contribution < -0.4 is 4.74 Å². The minimum Gasteiger partial charge on any atom is -0.497 e. The Bertz CT molecular complexity index is 775. The summed E-state index contributed by atoms with van der Waals surface area (Å²) >= 11 is 0. The summed E-state index contributed by atoms with van der Waals surface area (Å²) in [6.07, 6.45) is 6.65. The van der Waals surface area contributed by atoms with Crippen LogP contribution in [-0.4, -0.2) is 69.3 Å². The van der Waals surface area contributed by atoms with Gasteiger partial charge in [-0.3, -0.25) is 9.80 Å². The second kappa shape index (κ2) is 9.88. The fourth-order valence-electron chi connectivity index (χ4n) is 5.01. The molecule has 1 aliphatic carbocycles. The van der Waals surface area contributed by atoms with Gasteiger partial charge >= 0.3 is 0 Å². The first-order valence-electron chi connectivity index (χ1n) is 11.5. The zero-order valence-electron chi connectivity index (χ0n) is 18.7. The molecule has 2 aliphatic rings. The van der Waals surface area contributed by atoms with Crippen LogP contribution in [0.2, 0.25) is 0 Å². The molecule has 1 aliphatic heterocycles. The van der Waals surface area contributed by atoms with Crippen LogP contribution in [0.1, 0.15) is 63.4 Å². The van der Waals surface area contributed by atoms with Crippen LogP contribution in [0.3, 0.4) is 0 Å². The molecule has 1 aromatic carbocycles. The van der Waals surface area contributed by atoms with E-state index in [1.165, 1.54) is 44.3 Å². The summed E-state index contributed by atoms with van der Waals surface area (Å²) in [6.45, 7) is 9.80. The van der Waals surface area contributed by atoms with Crippen molar-refractivity contribution in [1.82, 2.24) is 30.0 Å². The molecule has 2 fully saturated rings. The molecule has 30 heavy (non-hydrogen) atoms. The Morgan fingerprint density at radius 1 is 1.03 bits per heavy atom. The van der Waals surface area contributed by atoms with E-state index >= 15 is 0 Å². The fourth-order valence-corrected chi connectivity index (χ4v) is 5.01. The summed E-state index contributed by atoms with van der Waals surface area (Å²) in [6, 6.07) is 9.24. The third-order valence-electron chi connectivity index (χ3n) is 6.67. The first-order chi connectivity index (χ1) is 14.6. The van der Waals surface area contributed by atoms with Crippen molar-refractivity contribution >= 4 is 0 Å². The van der Waals surface area contributed by atoms with Crippen molar-refractivity contribution < 1.29 is 4.74 Å². The Morgan fingerprint density at radius 3 is 2.37 bits per heavy atom. The lowest BCUT2D eigenvalue weighted by molar-refractivity contribution is 0.0588. The topological polar surface area (TPSA) is 59.3 Å². The van der Waals surface area contributed by atoms with Crippen LogP contribution in [0, 0.1) is 5.92 Å². The number of methoxy groups -OCH3 is 1. The van der Waals surface area contributed by atoms with E-state index in [1.807, 2.05) is 16.8 Å². The second-order valence-electron chi connectivity index (χ2n) is 9.20. The van der Waals surface area contributed by atoms with Crippen molar-refractivity contribution in [2.45, 2.75) is 64.6 Å². The number of hydrogen-bond acceptors (Lipinski definition) is 6. The third kappa shape index (κ3) is 5.01. The van der Waals surface area contributed by atoms with Gasteiger partial charge in [-0.1, -0.05) is 38.8 Å². The molecule has 164 valence electrons. The minimum atomic E-state index is 0.268. The van der Waals surface area contributed by atoms with E-state index in [9.17, 15) is 0 Å². The van der Waals surface area contributed by atoms with Crippen molar-refractivity contribution in [3.63, 3.8) is 0 Å². The molecule has 0 N–H and O–H groups in total. The molecule has 1 saturated heterocycles. The standard InChI is InChI=1S/C23H36N6O/c1-18(2)16-22(28-14-12-27(13-15-28)20-6-4-5-7-20)23-24-25-26-29(23)17-19-8-10-21(30-3)11-9-19/h8-11,18,20,22H,4-7,12-17H2,1-3H3. The molecule has 1 aromatic heterocycles. The van der Waals surface area contributed by atoms with Gasteiger partial charge in [-0.25, -0.2) is 4.68 Å². The molecule has 0 bridgehead atoms. The van der Waals surface area contributed by atoms with E-state index in [0.29, 0.717) is 12.5 Å². The lowest BCUT2D eigenvalue weighted by Gasteiger charge is -2.41. The summed E-state index contributed by atoms with van der Waals surface area (Å²) in [4.78, 5) is 5.33. The maximum Gasteiger partial charge on any atom is 0.168 e. The normalized spacial score (nSPS) is 20.1. The van der Waals surface area contributed by atoms with E-state index in [1.54, 1.807) is 7.11 Å². The molecule has 1 atom stereocenters. The Morgan fingerprint density at radius 2 is 1.73 bits per heavy atom. The van der Waals surface area contributed by atoms with Crippen LogP contribution >= 0.6 is 0 Å². The number of nitrogens with zero attached hydrogens (tertiary/aromatic N) is 6. The zero-order valence-corrected chi connectivity index (χ0v) is 18.7. The van der Waals surface area contributed by atoms with Crippen LogP contribution in [0.15, 0.2) is 24.3 Å². The molecular weight excluding hydrogens is 376 g/mol. The van der Waals surface area contributed by atoms with Gasteiger partial charge in [0.1, 0.15) is 5.75 Å². The molecule has 7 nitrogen and oxygen atoms in total. The van der Waals surface area contributed by atoms with Gasteiger partial charge in [0.25, 0.3) is 0 Å². The molecule has 0 radical (unpaired) electrons. The maximum absolute atomic E-state index is 5.28. The van der Waals surface area contributed by atoms with E-state index in [2.05, 4.69) is 51.3 Å². The predicted octanol–water partition coefficient (Wildman–Crippen LogP) is 3.38. The van der Waals surface area contributed by atoms with Crippen LogP contribution in [-0.2, 0) is 6.54 Å². The van der Waals surface area contributed by atoms with Crippen LogP contribution in [0.5, 0.6) is 5.75 Å². The van der Waals surface area contributed by atoms with Crippen molar-refractivity contribution in [3.05, 3.63) is 35.7 Å². The second-order valence-corrected chi connectivity index (χ2v) is 9.20. The van der Waals surface area contributed by atoms with Gasteiger partial charge in [-0.05, 0) is 53.3 Å². The molecule has 0 amide bonds. The molecule has 2 heterocycles.